The Morgan fingerprint density at radius 3 is 2.57 bits per heavy atom. The van der Waals surface area contributed by atoms with Gasteiger partial charge in [-0.15, -0.1) is 11.3 Å². The van der Waals surface area contributed by atoms with E-state index >= 15 is 0 Å². The standard InChI is InChI=1S/C19H20N4O4S/c1-23-17(21-19(25)16-5-4-8-28-16)10-13(22-23)18(24)20-11-12-6-7-14(26-2)15(9-12)27-3/h4-10H,11H2,1-3H3,(H,20,24)(H,21,25). The van der Waals surface area contributed by atoms with Gasteiger partial charge in [0.25, 0.3) is 11.8 Å². The van der Waals surface area contributed by atoms with Crippen molar-refractivity contribution in [3.05, 3.63) is 57.9 Å². The van der Waals surface area contributed by atoms with Crippen LogP contribution in [0.25, 0.3) is 0 Å². The monoisotopic (exact) mass is 400 g/mol. The van der Waals surface area contributed by atoms with E-state index in [1.807, 2.05) is 11.4 Å². The Kier molecular flexibility index (Phi) is 5.95. The van der Waals surface area contributed by atoms with Gasteiger partial charge in [0.1, 0.15) is 5.82 Å². The summed E-state index contributed by atoms with van der Waals surface area (Å²) in [6, 6.07) is 10.5. The lowest BCUT2D eigenvalue weighted by atomic mass is 10.2. The first-order valence-electron chi connectivity index (χ1n) is 8.40. The second kappa shape index (κ2) is 8.57. The lowest BCUT2D eigenvalue weighted by Gasteiger charge is -2.10. The molecule has 2 aromatic heterocycles. The lowest BCUT2D eigenvalue weighted by molar-refractivity contribution is 0.0944. The summed E-state index contributed by atoms with van der Waals surface area (Å²) in [4.78, 5) is 25.2. The van der Waals surface area contributed by atoms with Crippen molar-refractivity contribution in [3.8, 4) is 11.5 Å². The molecule has 0 aliphatic carbocycles. The number of benzene rings is 1. The molecule has 1 aromatic carbocycles. The summed E-state index contributed by atoms with van der Waals surface area (Å²) in [5.74, 6) is 1.06. The molecule has 8 nitrogen and oxygen atoms in total. The number of rotatable bonds is 7. The van der Waals surface area contributed by atoms with Crippen LogP contribution in [0.5, 0.6) is 11.5 Å². The fourth-order valence-corrected chi connectivity index (χ4v) is 3.16. The minimum absolute atomic E-state index is 0.212. The first-order chi connectivity index (χ1) is 13.5. The smallest absolute Gasteiger partial charge is 0.272 e. The molecule has 0 aliphatic heterocycles. The molecule has 0 bridgehead atoms. The van der Waals surface area contributed by atoms with Gasteiger partial charge in [-0.05, 0) is 29.1 Å². The van der Waals surface area contributed by atoms with Crippen molar-refractivity contribution in [2.45, 2.75) is 6.54 Å². The van der Waals surface area contributed by atoms with Crippen LogP contribution in [-0.2, 0) is 13.6 Å². The highest BCUT2D eigenvalue weighted by Crippen LogP contribution is 2.27. The molecule has 9 heteroatoms. The van der Waals surface area contributed by atoms with Crippen molar-refractivity contribution in [3.63, 3.8) is 0 Å². The number of carbonyl (C=O) groups excluding carboxylic acids is 2. The van der Waals surface area contributed by atoms with Crippen LogP contribution in [0.3, 0.4) is 0 Å². The van der Waals surface area contributed by atoms with Gasteiger partial charge in [-0.3, -0.25) is 14.3 Å². The molecule has 2 heterocycles. The minimum Gasteiger partial charge on any atom is -0.493 e. The molecule has 0 fully saturated rings. The van der Waals surface area contributed by atoms with Crippen molar-refractivity contribution in [2.24, 2.45) is 7.05 Å². The van der Waals surface area contributed by atoms with Crippen molar-refractivity contribution in [1.82, 2.24) is 15.1 Å². The van der Waals surface area contributed by atoms with Crippen LogP contribution in [0, 0.1) is 0 Å². The summed E-state index contributed by atoms with van der Waals surface area (Å²) < 4.78 is 11.9. The zero-order valence-electron chi connectivity index (χ0n) is 15.7. The normalized spacial score (nSPS) is 10.4. The maximum absolute atomic E-state index is 12.4. The third-order valence-corrected chi connectivity index (χ3v) is 4.87. The summed E-state index contributed by atoms with van der Waals surface area (Å²) in [5.41, 5.74) is 1.07. The molecule has 0 saturated heterocycles. The summed E-state index contributed by atoms with van der Waals surface area (Å²) in [6.07, 6.45) is 0. The Morgan fingerprint density at radius 1 is 1.11 bits per heavy atom. The number of aryl methyl sites for hydroxylation is 1. The van der Waals surface area contributed by atoms with Crippen LogP contribution >= 0.6 is 11.3 Å². The Hall–Kier alpha value is -3.33. The van der Waals surface area contributed by atoms with Gasteiger partial charge < -0.3 is 20.1 Å². The van der Waals surface area contributed by atoms with E-state index in [9.17, 15) is 9.59 Å². The summed E-state index contributed by atoms with van der Waals surface area (Å²) >= 11 is 1.34. The Bertz CT molecular complexity index is 982. The van der Waals surface area contributed by atoms with Crippen LogP contribution in [0.1, 0.15) is 25.7 Å². The average molecular weight is 400 g/mol. The van der Waals surface area contributed by atoms with Gasteiger partial charge in [0.2, 0.25) is 0 Å². The van der Waals surface area contributed by atoms with Crippen LogP contribution in [0.4, 0.5) is 5.82 Å². The number of anilines is 1. The molecule has 0 atom stereocenters. The van der Waals surface area contributed by atoms with Crippen LogP contribution in [-0.4, -0.2) is 35.8 Å². The van der Waals surface area contributed by atoms with Gasteiger partial charge in [0, 0.05) is 19.7 Å². The Balaban J connectivity index is 1.64. The number of hydrogen-bond acceptors (Lipinski definition) is 6. The van der Waals surface area contributed by atoms with Gasteiger partial charge in [-0.2, -0.15) is 5.10 Å². The second-order valence-corrected chi connectivity index (χ2v) is 6.79. The molecule has 0 unspecified atom stereocenters. The van der Waals surface area contributed by atoms with Crippen molar-refractivity contribution < 1.29 is 19.1 Å². The minimum atomic E-state index is -0.345. The van der Waals surface area contributed by atoms with Gasteiger partial charge in [-0.25, -0.2) is 0 Å². The quantitative estimate of drug-likeness (QED) is 0.636. The number of nitrogens with one attached hydrogen (secondary N) is 2. The number of thiophene rings is 1. The van der Waals surface area contributed by atoms with E-state index in [-0.39, 0.29) is 17.5 Å². The number of ether oxygens (including phenoxy) is 2. The molecular weight excluding hydrogens is 380 g/mol. The van der Waals surface area contributed by atoms with E-state index in [4.69, 9.17) is 9.47 Å². The number of amides is 2. The van der Waals surface area contributed by atoms with E-state index in [1.165, 1.54) is 22.1 Å². The summed E-state index contributed by atoms with van der Waals surface area (Å²) in [5, 5.41) is 11.5. The van der Waals surface area contributed by atoms with E-state index in [2.05, 4.69) is 15.7 Å². The molecule has 3 aromatic rings. The molecule has 3 rings (SSSR count). The van der Waals surface area contributed by atoms with Crippen LogP contribution in [0.15, 0.2) is 41.8 Å². The third-order valence-electron chi connectivity index (χ3n) is 4.00. The predicted octanol–water partition coefficient (Wildman–Crippen LogP) is 2.68. The molecule has 0 saturated carbocycles. The maximum atomic E-state index is 12.4. The van der Waals surface area contributed by atoms with Gasteiger partial charge >= 0.3 is 0 Å². The zero-order chi connectivity index (χ0) is 20.1. The van der Waals surface area contributed by atoms with Crippen molar-refractivity contribution in [1.29, 1.82) is 0 Å². The lowest BCUT2D eigenvalue weighted by Crippen LogP contribution is -2.23. The first-order valence-corrected chi connectivity index (χ1v) is 9.27. The molecule has 28 heavy (non-hydrogen) atoms. The predicted molar refractivity (Wildman–Crippen MR) is 106 cm³/mol. The highest BCUT2D eigenvalue weighted by Gasteiger charge is 2.16. The second-order valence-electron chi connectivity index (χ2n) is 5.84. The van der Waals surface area contributed by atoms with Crippen LogP contribution in [0.2, 0.25) is 0 Å². The fraction of sp³-hybridized carbons (Fsp3) is 0.211. The Labute approximate surface area is 166 Å². The molecule has 0 aliphatic rings. The van der Waals surface area contributed by atoms with E-state index in [0.29, 0.717) is 28.7 Å². The number of carbonyl (C=O) groups is 2. The SMILES string of the molecule is COc1ccc(CNC(=O)c2cc(NC(=O)c3cccs3)n(C)n2)cc1OC. The summed E-state index contributed by atoms with van der Waals surface area (Å²) in [6.45, 7) is 0.298. The fourth-order valence-electron chi connectivity index (χ4n) is 2.54. The third kappa shape index (κ3) is 4.32. The van der Waals surface area contributed by atoms with E-state index in [1.54, 1.807) is 45.5 Å². The molecular formula is C19H20N4O4S. The molecule has 2 N–H and O–H groups in total. The number of methoxy groups -OCH3 is 2. The highest BCUT2D eigenvalue weighted by atomic mass is 32.1. The maximum Gasteiger partial charge on any atom is 0.272 e. The van der Waals surface area contributed by atoms with Gasteiger partial charge in [0.15, 0.2) is 17.2 Å². The highest BCUT2D eigenvalue weighted by molar-refractivity contribution is 7.12. The number of aromatic nitrogens is 2. The average Bonchev–Trinajstić information content (AvgIpc) is 3.36. The topological polar surface area (TPSA) is 94.5 Å². The molecule has 0 radical (unpaired) electrons. The van der Waals surface area contributed by atoms with Crippen molar-refractivity contribution >= 4 is 29.0 Å². The molecule has 146 valence electrons. The van der Waals surface area contributed by atoms with E-state index < -0.39 is 0 Å². The van der Waals surface area contributed by atoms with E-state index in [0.717, 1.165) is 5.56 Å². The first kappa shape index (κ1) is 19.4. The zero-order valence-corrected chi connectivity index (χ0v) is 16.5. The van der Waals surface area contributed by atoms with Gasteiger partial charge in [-0.1, -0.05) is 12.1 Å². The largest absolute Gasteiger partial charge is 0.493 e. The van der Waals surface area contributed by atoms with Gasteiger partial charge in [0.05, 0.1) is 19.1 Å². The van der Waals surface area contributed by atoms with Crippen LogP contribution < -0.4 is 20.1 Å². The number of nitrogens with zero attached hydrogens (tertiary/aromatic N) is 2. The molecule has 2 amide bonds. The molecule has 0 spiro atoms. The van der Waals surface area contributed by atoms with Crippen molar-refractivity contribution in [2.75, 3.05) is 19.5 Å². The summed E-state index contributed by atoms with van der Waals surface area (Å²) in [7, 11) is 4.78. The number of hydrogen-bond donors (Lipinski definition) is 2. The Morgan fingerprint density at radius 2 is 1.89 bits per heavy atom.